The summed E-state index contributed by atoms with van der Waals surface area (Å²) in [5, 5.41) is 9.08. The molecular weight excluding hydrogens is 235 g/mol. The van der Waals surface area contributed by atoms with Crippen LogP contribution in [0.15, 0.2) is 24.3 Å². The van der Waals surface area contributed by atoms with E-state index in [1.807, 2.05) is 4.90 Å². The number of rotatable bonds is 8. The molecule has 0 radical (unpaired) electrons. The van der Waals surface area contributed by atoms with Crippen molar-refractivity contribution < 1.29 is 14.2 Å². The normalized spacial score (nSPS) is 12.9. The third-order valence-electron chi connectivity index (χ3n) is 2.90. The molecule has 0 aliphatic rings. The Labute approximate surface area is 107 Å². The van der Waals surface area contributed by atoms with E-state index in [9.17, 15) is 4.39 Å². The average Bonchev–Trinajstić information content (AvgIpc) is 2.38. The first-order valence-corrected chi connectivity index (χ1v) is 6.03. The van der Waals surface area contributed by atoms with Crippen LogP contribution in [0, 0.1) is 5.82 Å². The van der Waals surface area contributed by atoms with Crippen molar-refractivity contribution in [1.29, 1.82) is 0 Å². The number of aliphatic hydroxyl groups is 1. The molecule has 0 bridgehead atoms. The Kier molecular flexibility index (Phi) is 6.82. The van der Waals surface area contributed by atoms with Crippen LogP contribution in [0.5, 0.6) is 0 Å². The number of aliphatic hydroxyl groups excluding tert-OH is 1. The van der Waals surface area contributed by atoms with E-state index in [2.05, 4.69) is 0 Å². The number of halogens is 1. The molecule has 0 heterocycles. The molecular formula is C13H21FN2O2. The van der Waals surface area contributed by atoms with Gasteiger partial charge in [0.05, 0.1) is 19.3 Å². The lowest BCUT2D eigenvalue weighted by Crippen LogP contribution is -2.38. The number of hydrogen-bond donors (Lipinski definition) is 2. The van der Waals surface area contributed by atoms with E-state index in [4.69, 9.17) is 15.6 Å². The quantitative estimate of drug-likeness (QED) is 0.721. The lowest BCUT2D eigenvalue weighted by molar-refractivity contribution is 0.102. The number of nitrogens with zero attached hydrogens (tertiary/aromatic N) is 1. The molecule has 0 aliphatic heterocycles. The van der Waals surface area contributed by atoms with Crippen molar-refractivity contribution >= 4 is 0 Å². The molecule has 1 aromatic rings. The van der Waals surface area contributed by atoms with E-state index in [1.165, 1.54) is 6.07 Å². The van der Waals surface area contributed by atoms with Crippen LogP contribution in [0.4, 0.5) is 4.39 Å². The van der Waals surface area contributed by atoms with Gasteiger partial charge in [0.2, 0.25) is 0 Å². The Morgan fingerprint density at radius 2 is 2.11 bits per heavy atom. The van der Waals surface area contributed by atoms with Gasteiger partial charge in [0.25, 0.3) is 0 Å². The Morgan fingerprint density at radius 3 is 2.67 bits per heavy atom. The average molecular weight is 256 g/mol. The molecule has 0 fully saturated rings. The summed E-state index contributed by atoms with van der Waals surface area (Å²) in [6.07, 6.45) is 0. The molecule has 0 saturated heterocycles. The maximum Gasteiger partial charge on any atom is 0.128 e. The number of methoxy groups -OCH3 is 1. The van der Waals surface area contributed by atoms with E-state index >= 15 is 0 Å². The molecule has 0 spiro atoms. The Bertz CT molecular complexity index is 350. The number of nitrogens with two attached hydrogens (primary N) is 1. The lowest BCUT2D eigenvalue weighted by atomic mass is 10.0. The molecule has 3 N–H and O–H groups in total. The van der Waals surface area contributed by atoms with Crippen LogP contribution >= 0.6 is 0 Å². The Balaban J connectivity index is 2.87. The molecule has 5 heteroatoms. The maximum atomic E-state index is 13.8. The zero-order valence-corrected chi connectivity index (χ0v) is 10.7. The van der Waals surface area contributed by atoms with Crippen LogP contribution in [-0.2, 0) is 4.74 Å². The topological polar surface area (TPSA) is 58.7 Å². The third-order valence-corrected chi connectivity index (χ3v) is 2.90. The summed E-state index contributed by atoms with van der Waals surface area (Å²) in [4.78, 5) is 1.93. The van der Waals surface area contributed by atoms with Gasteiger partial charge in [-0.15, -0.1) is 0 Å². The summed E-state index contributed by atoms with van der Waals surface area (Å²) in [6.45, 7) is 1.87. The van der Waals surface area contributed by atoms with E-state index in [1.54, 1.807) is 25.3 Å². The van der Waals surface area contributed by atoms with Crippen molar-refractivity contribution in [3.63, 3.8) is 0 Å². The van der Waals surface area contributed by atoms with Crippen molar-refractivity contribution in [3.8, 4) is 0 Å². The predicted molar refractivity (Wildman–Crippen MR) is 68.7 cm³/mol. The second-order valence-corrected chi connectivity index (χ2v) is 4.03. The first-order valence-electron chi connectivity index (χ1n) is 6.03. The monoisotopic (exact) mass is 256 g/mol. The van der Waals surface area contributed by atoms with Gasteiger partial charge in [0, 0.05) is 32.3 Å². The number of ether oxygens (including phenoxy) is 1. The molecule has 1 unspecified atom stereocenters. The minimum Gasteiger partial charge on any atom is -0.395 e. The van der Waals surface area contributed by atoms with Gasteiger partial charge in [-0.2, -0.15) is 0 Å². The number of hydrogen-bond acceptors (Lipinski definition) is 4. The molecule has 102 valence electrons. The van der Waals surface area contributed by atoms with Gasteiger partial charge in [-0.05, 0) is 6.07 Å². The van der Waals surface area contributed by atoms with Crippen LogP contribution in [0.1, 0.15) is 11.6 Å². The number of benzene rings is 1. The SMILES string of the molecule is COCCN(CCO)C(CN)c1ccccc1F. The maximum absolute atomic E-state index is 13.8. The summed E-state index contributed by atoms with van der Waals surface area (Å²) < 4.78 is 18.8. The van der Waals surface area contributed by atoms with Crippen LogP contribution in [0.3, 0.4) is 0 Å². The predicted octanol–water partition coefficient (Wildman–Crippen LogP) is 0.766. The van der Waals surface area contributed by atoms with E-state index in [-0.39, 0.29) is 18.5 Å². The molecule has 0 aliphatic carbocycles. The van der Waals surface area contributed by atoms with Crippen molar-refractivity contribution in [2.24, 2.45) is 5.73 Å². The highest BCUT2D eigenvalue weighted by Crippen LogP contribution is 2.21. The van der Waals surface area contributed by atoms with Crippen LogP contribution in [0.2, 0.25) is 0 Å². The summed E-state index contributed by atoms with van der Waals surface area (Å²) in [5.41, 5.74) is 6.31. The zero-order valence-electron chi connectivity index (χ0n) is 10.7. The molecule has 1 atom stereocenters. The van der Waals surface area contributed by atoms with Crippen molar-refractivity contribution in [2.75, 3.05) is 40.0 Å². The Hall–Kier alpha value is -1.01. The smallest absolute Gasteiger partial charge is 0.128 e. The lowest BCUT2D eigenvalue weighted by Gasteiger charge is -2.30. The van der Waals surface area contributed by atoms with Gasteiger partial charge >= 0.3 is 0 Å². The van der Waals surface area contributed by atoms with Gasteiger partial charge in [-0.25, -0.2) is 4.39 Å². The summed E-state index contributed by atoms with van der Waals surface area (Å²) in [7, 11) is 1.61. The minimum atomic E-state index is -0.270. The molecule has 1 rings (SSSR count). The highest BCUT2D eigenvalue weighted by Gasteiger charge is 2.21. The third kappa shape index (κ3) is 4.03. The van der Waals surface area contributed by atoms with Crippen LogP contribution in [-0.4, -0.2) is 50.0 Å². The minimum absolute atomic E-state index is 0.00860. The summed E-state index contributed by atoms with van der Waals surface area (Å²) in [5.74, 6) is -0.270. The van der Waals surface area contributed by atoms with E-state index in [0.29, 0.717) is 31.8 Å². The van der Waals surface area contributed by atoms with E-state index in [0.717, 1.165) is 0 Å². The van der Waals surface area contributed by atoms with Crippen LogP contribution in [0.25, 0.3) is 0 Å². The van der Waals surface area contributed by atoms with Crippen molar-refractivity contribution in [1.82, 2.24) is 4.90 Å². The fraction of sp³-hybridized carbons (Fsp3) is 0.538. The standard InChI is InChI=1S/C13H21FN2O2/c1-18-9-7-16(6-8-17)13(10-15)11-4-2-3-5-12(11)14/h2-5,13,17H,6-10,15H2,1H3. The second-order valence-electron chi connectivity index (χ2n) is 4.03. The highest BCUT2D eigenvalue weighted by molar-refractivity contribution is 5.21. The van der Waals surface area contributed by atoms with Gasteiger partial charge in [-0.1, -0.05) is 18.2 Å². The summed E-state index contributed by atoms with van der Waals surface area (Å²) in [6, 6.07) is 6.34. The van der Waals surface area contributed by atoms with Gasteiger partial charge in [0.15, 0.2) is 0 Å². The zero-order chi connectivity index (χ0) is 13.4. The van der Waals surface area contributed by atoms with Crippen molar-refractivity contribution in [2.45, 2.75) is 6.04 Å². The first kappa shape index (κ1) is 15.0. The van der Waals surface area contributed by atoms with Crippen LogP contribution < -0.4 is 5.73 Å². The van der Waals surface area contributed by atoms with Gasteiger partial charge in [-0.3, -0.25) is 4.90 Å². The fourth-order valence-electron chi connectivity index (χ4n) is 1.98. The fourth-order valence-corrected chi connectivity index (χ4v) is 1.98. The molecule has 0 saturated carbocycles. The molecule has 4 nitrogen and oxygen atoms in total. The highest BCUT2D eigenvalue weighted by atomic mass is 19.1. The van der Waals surface area contributed by atoms with Gasteiger partial charge in [0.1, 0.15) is 5.82 Å². The largest absolute Gasteiger partial charge is 0.395 e. The second kappa shape index (κ2) is 8.16. The van der Waals surface area contributed by atoms with Gasteiger partial charge < -0.3 is 15.6 Å². The molecule has 0 amide bonds. The molecule has 0 aromatic heterocycles. The van der Waals surface area contributed by atoms with Crippen molar-refractivity contribution in [3.05, 3.63) is 35.6 Å². The molecule has 1 aromatic carbocycles. The van der Waals surface area contributed by atoms with E-state index < -0.39 is 0 Å². The first-order chi connectivity index (χ1) is 8.74. The Morgan fingerprint density at radius 1 is 1.39 bits per heavy atom. The summed E-state index contributed by atoms with van der Waals surface area (Å²) >= 11 is 0. The molecule has 18 heavy (non-hydrogen) atoms.